The van der Waals surface area contributed by atoms with Crippen LogP contribution in [0, 0.1) is 6.92 Å². The summed E-state index contributed by atoms with van der Waals surface area (Å²) >= 11 is 7.54. The zero-order chi connectivity index (χ0) is 18.4. The minimum atomic E-state index is -0.0132. The number of nitrogens with one attached hydrogen (secondary N) is 1. The summed E-state index contributed by atoms with van der Waals surface area (Å²) in [4.78, 5) is 15.8. The van der Waals surface area contributed by atoms with Crippen LogP contribution in [0.4, 0.5) is 5.69 Å². The lowest BCUT2D eigenvalue weighted by Gasteiger charge is -2.21. The molecular weight excluding hydrogens is 352 g/mol. The van der Waals surface area contributed by atoms with Crippen LogP contribution in [0.25, 0.3) is 0 Å². The molecule has 0 aliphatic rings. The Morgan fingerprint density at radius 2 is 2.12 bits per heavy atom. The number of hydrogen-bond acceptors (Lipinski definition) is 3. The standard InChI is InChI=1S/C20H25ClN2OS/c1-5-11-23(12-16-9-10-18(21)25-16)13-19(24)22-20-15(4)7-6-8-17(20)14(2)3/h5-10,14H,1,11-13H2,2-4H3,(H,22,24). The van der Waals surface area contributed by atoms with Gasteiger partial charge < -0.3 is 5.32 Å². The van der Waals surface area contributed by atoms with Crippen molar-refractivity contribution in [3.05, 3.63) is 63.3 Å². The summed E-state index contributed by atoms with van der Waals surface area (Å²) < 4.78 is 0.763. The maximum absolute atomic E-state index is 12.6. The first kappa shape index (κ1) is 19.7. The van der Waals surface area contributed by atoms with Gasteiger partial charge in [-0.1, -0.05) is 49.7 Å². The average Bonchev–Trinajstić information content (AvgIpc) is 2.94. The van der Waals surface area contributed by atoms with Crippen molar-refractivity contribution in [1.82, 2.24) is 4.90 Å². The molecule has 0 saturated carbocycles. The predicted octanol–water partition coefficient (Wildman–Crippen LogP) is 5.46. The van der Waals surface area contributed by atoms with Gasteiger partial charge in [0.15, 0.2) is 0 Å². The smallest absolute Gasteiger partial charge is 0.238 e. The van der Waals surface area contributed by atoms with Gasteiger partial charge in [-0.05, 0) is 36.1 Å². The molecule has 1 heterocycles. The molecule has 0 saturated heterocycles. The van der Waals surface area contributed by atoms with E-state index in [4.69, 9.17) is 11.6 Å². The number of rotatable bonds is 8. The van der Waals surface area contributed by atoms with E-state index in [1.54, 1.807) is 0 Å². The van der Waals surface area contributed by atoms with Crippen LogP contribution in [0.2, 0.25) is 4.34 Å². The highest BCUT2D eigenvalue weighted by atomic mass is 35.5. The molecule has 1 amide bonds. The topological polar surface area (TPSA) is 32.3 Å². The van der Waals surface area contributed by atoms with Crippen LogP contribution in [-0.2, 0) is 11.3 Å². The number of benzene rings is 1. The monoisotopic (exact) mass is 376 g/mol. The van der Waals surface area contributed by atoms with E-state index in [0.29, 0.717) is 25.6 Å². The Hall–Kier alpha value is -1.62. The van der Waals surface area contributed by atoms with Crippen molar-refractivity contribution in [2.24, 2.45) is 0 Å². The van der Waals surface area contributed by atoms with Gasteiger partial charge in [0.05, 0.1) is 10.9 Å². The Morgan fingerprint density at radius 3 is 2.72 bits per heavy atom. The SMILES string of the molecule is C=CCN(CC(=O)Nc1c(C)cccc1C(C)C)Cc1ccc(Cl)s1. The summed E-state index contributed by atoms with van der Waals surface area (Å²) in [6.07, 6.45) is 1.82. The number of carbonyl (C=O) groups is 1. The molecule has 5 heteroatoms. The number of halogens is 1. The van der Waals surface area contributed by atoms with E-state index < -0.39 is 0 Å². The molecule has 0 atom stereocenters. The number of amides is 1. The number of anilines is 1. The third-order valence-corrected chi connectivity index (χ3v) is 5.17. The molecule has 0 spiro atoms. The highest BCUT2D eigenvalue weighted by Gasteiger charge is 2.15. The zero-order valence-corrected chi connectivity index (χ0v) is 16.6. The molecule has 0 fully saturated rings. The molecule has 1 aromatic heterocycles. The number of aryl methyl sites for hydroxylation is 1. The summed E-state index contributed by atoms with van der Waals surface area (Å²) in [5, 5.41) is 3.10. The molecule has 3 nitrogen and oxygen atoms in total. The van der Waals surface area contributed by atoms with Crippen molar-refractivity contribution in [3.8, 4) is 0 Å². The van der Waals surface area contributed by atoms with E-state index in [1.807, 2.05) is 37.3 Å². The van der Waals surface area contributed by atoms with E-state index in [-0.39, 0.29) is 5.91 Å². The minimum absolute atomic E-state index is 0.0132. The number of hydrogen-bond donors (Lipinski definition) is 1. The molecule has 134 valence electrons. The Labute approximate surface area is 159 Å². The van der Waals surface area contributed by atoms with Crippen molar-refractivity contribution < 1.29 is 4.79 Å². The summed E-state index contributed by atoms with van der Waals surface area (Å²) in [6, 6.07) is 10.0. The largest absolute Gasteiger partial charge is 0.324 e. The van der Waals surface area contributed by atoms with Crippen LogP contribution in [-0.4, -0.2) is 23.9 Å². The number of nitrogens with zero attached hydrogens (tertiary/aromatic N) is 1. The first-order valence-corrected chi connectivity index (χ1v) is 9.57. The Morgan fingerprint density at radius 1 is 1.36 bits per heavy atom. The Balaban J connectivity index is 2.08. The fraction of sp³-hybridized carbons (Fsp3) is 0.350. The molecule has 2 aromatic rings. The number of carbonyl (C=O) groups excluding carboxylic acids is 1. The van der Waals surface area contributed by atoms with E-state index in [1.165, 1.54) is 11.3 Å². The molecule has 0 bridgehead atoms. The zero-order valence-electron chi connectivity index (χ0n) is 15.0. The maximum Gasteiger partial charge on any atom is 0.238 e. The highest BCUT2D eigenvalue weighted by Crippen LogP contribution is 2.27. The van der Waals surface area contributed by atoms with E-state index >= 15 is 0 Å². The molecule has 0 unspecified atom stereocenters. The van der Waals surface area contributed by atoms with Gasteiger partial charge in [-0.2, -0.15) is 0 Å². The van der Waals surface area contributed by atoms with Gasteiger partial charge in [-0.15, -0.1) is 17.9 Å². The van der Waals surface area contributed by atoms with E-state index in [9.17, 15) is 4.79 Å². The molecule has 25 heavy (non-hydrogen) atoms. The molecule has 0 aliphatic heterocycles. The van der Waals surface area contributed by atoms with Gasteiger partial charge in [-0.25, -0.2) is 0 Å². The lowest BCUT2D eigenvalue weighted by atomic mass is 9.98. The van der Waals surface area contributed by atoms with Gasteiger partial charge in [0.2, 0.25) is 5.91 Å². The summed E-state index contributed by atoms with van der Waals surface area (Å²) in [7, 11) is 0. The maximum atomic E-state index is 12.6. The second-order valence-corrected chi connectivity index (χ2v) is 8.21. The van der Waals surface area contributed by atoms with Crippen LogP contribution >= 0.6 is 22.9 Å². The highest BCUT2D eigenvalue weighted by molar-refractivity contribution is 7.16. The van der Waals surface area contributed by atoms with Crippen molar-refractivity contribution in [2.75, 3.05) is 18.4 Å². The fourth-order valence-corrected chi connectivity index (χ4v) is 3.88. The van der Waals surface area contributed by atoms with Crippen molar-refractivity contribution >= 4 is 34.5 Å². The first-order valence-electron chi connectivity index (χ1n) is 8.37. The van der Waals surface area contributed by atoms with Crippen molar-refractivity contribution in [1.29, 1.82) is 0 Å². The Bertz CT molecular complexity index is 739. The van der Waals surface area contributed by atoms with E-state index in [2.05, 4.69) is 36.7 Å². The average molecular weight is 377 g/mol. The van der Waals surface area contributed by atoms with Crippen LogP contribution in [0.3, 0.4) is 0 Å². The van der Waals surface area contributed by atoms with Crippen molar-refractivity contribution in [2.45, 2.75) is 33.2 Å². The summed E-state index contributed by atoms with van der Waals surface area (Å²) in [6.45, 7) is 11.7. The second kappa shape index (κ2) is 9.18. The third kappa shape index (κ3) is 5.70. The predicted molar refractivity (Wildman–Crippen MR) is 109 cm³/mol. The van der Waals surface area contributed by atoms with Gasteiger partial charge in [0.25, 0.3) is 0 Å². The second-order valence-electron chi connectivity index (χ2n) is 6.41. The molecule has 0 radical (unpaired) electrons. The lowest BCUT2D eigenvalue weighted by molar-refractivity contribution is -0.117. The first-order chi connectivity index (χ1) is 11.9. The molecule has 0 aliphatic carbocycles. The Kier molecular flexibility index (Phi) is 7.24. The van der Waals surface area contributed by atoms with Gasteiger partial charge in [-0.3, -0.25) is 9.69 Å². The molecule has 1 N–H and O–H groups in total. The van der Waals surface area contributed by atoms with Gasteiger partial charge in [0.1, 0.15) is 0 Å². The molecule has 1 aromatic carbocycles. The number of thiophene rings is 1. The van der Waals surface area contributed by atoms with Crippen LogP contribution in [0.15, 0.2) is 43.0 Å². The molecule has 2 rings (SSSR count). The normalized spacial score (nSPS) is 11.1. The van der Waals surface area contributed by atoms with Crippen LogP contribution < -0.4 is 5.32 Å². The fourth-order valence-electron chi connectivity index (χ4n) is 2.75. The van der Waals surface area contributed by atoms with Gasteiger partial charge in [0, 0.05) is 23.7 Å². The summed E-state index contributed by atoms with van der Waals surface area (Å²) in [5.74, 6) is 0.341. The third-order valence-electron chi connectivity index (χ3n) is 3.95. The van der Waals surface area contributed by atoms with E-state index in [0.717, 1.165) is 26.0 Å². The molecular formula is C20H25ClN2OS. The van der Waals surface area contributed by atoms with Crippen LogP contribution in [0.1, 0.15) is 35.8 Å². The quantitative estimate of drug-likeness (QED) is 0.620. The van der Waals surface area contributed by atoms with Crippen LogP contribution in [0.5, 0.6) is 0 Å². The van der Waals surface area contributed by atoms with Crippen molar-refractivity contribution in [3.63, 3.8) is 0 Å². The van der Waals surface area contributed by atoms with Gasteiger partial charge >= 0.3 is 0 Å². The lowest BCUT2D eigenvalue weighted by Crippen LogP contribution is -2.33. The number of para-hydroxylation sites is 1. The summed E-state index contributed by atoms with van der Waals surface area (Å²) in [5.41, 5.74) is 3.17. The minimum Gasteiger partial charge on any atom is -0.324 e.